The largest absolute Gasteiger partial charge is 0.271 e. The summed E-state index contributed by atoms with van der Waals surface area (Å²) in [5.74, 6) is 5.52. The minimum atomic E-state index is -0.193. The number of halogens is 1. The zero-order valence-electron chi connectivity index (χ0n) is 11.6. The fraction of sp³-hybridized carbons (Fsp3) is 0.500. The van der Waals surface area contributed by atoms with Gasteiger partial charge in [0.15, 0.2) is 0 Å². The minimum Gasteiger partial charge on any atom is -0.271 e. The molecule has 0 amide bonds. The van der Waals surface area contributed by atoms with Gasteiger partial charge in [0.2, 0.25) is 0 Å². The third kappa shape index (κ3) is 3.88. The number of hydrazine groups is 1. The van der Waals surface area contributed by atoms with Gasteiger partial charge in [-0.2, -0.15) is 0 Å². The van der Waals surface area contributed by atoms with Crippen LogP contribution in [0.3, 0.4) is 0 Å². The van der Waals surface area contributed by atoms with Crippen molar-refractivity contribution in [3.63, 3.8) is 0 Å². The SMILES string of the molecule is Cc1cc(F)cc(C(NN)/C2=C/CCCCCC2)c1. The Balaban J connectivity index is 2.26. The zero-order chi connectivity index (χ0) is 13.7. The van der Waals surface area contributed by atoms with Crippen LogP contribution < -0.4 is 11.3 Å². The maximum Gasteiger partial charge on any atom is 0.123 e. The van der Waals surface area contributed by atoms with Gasteiger partial charge in [0.1, 0.15) is 5.82 Å². The highest BCUT2D eigenvalue weighted by Crippen LogP contribution is 2.29. The van der Waals surface area contributed by atoms with E-state index in [9.17, 15) is 4.39 Å². The van der Waals surface area contributed by atoms with Crippen molar-refractivity contribution in [2.24, 2.45) is 5.84 Å². The molecule has 3 heteroatoms. The lowest BCUT2D eigenvalue weighted by molar-refractivity contribution is 0.550. The quantitative estimate of drug-likeness (QED) is 0.492. The van der Waals surface area contributed by atoms with Crippen LogP contribution in [-0.2, 0) is 0 Å². The smallest absolute Gasteiger partial charge is 0.123 e. The zero-order valence-corrected chi connectivity index (χ0v) is 11.6. The van der Waals surface area contributed by atoms with Gasteiger partial charge in [-0.3, -0.25) is 5.84 Å². The summed E-state index contributed by atoms with van der Waals surface area (Å²) in [7, 11) is 0. The van der Waals surface area contributed by atoms with Crippen LogP contribution in [0.2, 0.25) is 0 Å². The lowest BCUT2D eigenvalue weighted by Crippen LogP contribution is -2.29. The summed E-state index contributed by atoms with van der Waals surface area (Å²) in [4.78, 5) is 0. The molecule has 0 fully saturated rings. The van der Waals surface area contributed by atoms with Gasteiger partial charge in [-0.1, -0.05) is 30.6 Å². The molecule has 1 aliphatic rings. The molecule has 2 rings (SSSR count). The van der Waals surface area contributed by atoms with E-state index in [-0.39, 0.29) is 11.9 Å². The number of hydrogen-bond acceptors (Lipinski definition) is 2. The van der Waals surface area contributed by atoms with Crippen molar-refractivity contribution < 1.29 is 4.39 Å². The van der Waals surface area contributed by atoms with Crippen molar-refractivity contribution >= 4 is 0 Å². The second kappa shape index (κ2) is 6.83. The van der Waals surface area contributed by atoms with E-state index < -0.39 is 0 Å². The van der Waals surface area contributed by atoms with E-state index >= 15 is 0 Å². The number of rotatable bonds is 3. The molecule has 1 unspecified atom stereocenters. The van der Waals surface area contributed by atoms with Crippen LogP contribution in [0, 0.1) is 12.7 Å². The molecule has 1 aromatic rings. The summed E-state index contributed by atoms with van der Waals surface area (Å²) in [5, 5.41) is 0. The van der Waals surface area contributed by atoms with Gasteiger partial charge in [-0.25, -0.2) is 9.82 Å². The molecular formula is C16H23FN2. The lowest BCUT2D eigenvalue weighted by Gasteiger charge is -2.22. The summed E-state index contributed by atoms with van der Waals surface area (Å²) >= 11 is 0. The second-order valence-electron chi connectivity index (χ2n) is 5.39. The van der Waals surface area contributed by atoms with Gasteiger partial charge in [0.25, 0.3) is 0 Å². The first-order valence-corrected chi connectivity index (χ1v) is 7.13. The number of benzene rings is 1. The highest BCUT2D eigenvalue weighted by molar-refractivity contribution is 5.32. The van der Waals surface area contributed by atoms with E-state index in [0.29, 0.717) is 0 Å². The fourth-order valence-electron chi connectivity index (χ4n) is 2.83. The molecule has 19 heavy (non-hydrogen) atoms. The van der Waals surface area contributed by atoms with Gasteiger partial charge in [0.05, 0.1) is 6.04 Å². The first-order valence-electron chi connectivity index (χ1n) is 7.13. The van der Waals surface area contributed by atoms with Gasteiger partial charge < -0.3 is 0 Å². The monoisotopic (exact) mass is 262 g/mol. The lowest BCUT2D eigenvalue weighted by atomic mass is 9.90. The molecule has 2 nitrogen and oxygen atoms in total. The molecule has 0 saturated carbocycles. The van der Waals surface area contributed by atoms with Crippen molar-refractivity contribution in [2.45, 2.75) is 51.5 Å². The van der Waals surface area contributed by atoms with E-state index in [1.54, 1.807) is 12.1 Å². The summed E-state index contributed by atoms with van der Waals surface area (Å²) < 4.78 is 13.5. The summed E-state index contributed by atoms with van der Waals surface area (Å²) in [6, 6.07) is 5.07. The predicted octanol–water partition coefficient (Wildman–Crippen LogP) is 3.92. The average molecular weight is 262 g/mol. The highest BCUT2D eigenvalue weighted by atomic mass is 19.1. The van der Waals surface area contributed by atoms with Crippen LogP contribution in [-0.4, -0.2) is 0 Å². The van der Waals surface area contributed by atoms with Gasteiger partial charge in [-0.15, -0.1) is 0 Å². The molecule has 0 heterocycles. The predicted molar refractivity (Wildman–Crippen MR) is 77.0 cm³/mol. The Morgan fingerprint density at radius 2 is 1.95 bits per heavy atom. The third-order valence-electron chi connectivity index (χ3n) is 3.76. The molecule has 0 radical (unpaired) electrons. The molecule has 3 N–H and O–H groups in total. The average Bonchev–Trinajstić information content (AvgIpc) is 2.31. The fourth-order valence-corrected chi connectivity index (χ4v) is 2.83. The molecule has 0 aliphatic heterocycles. The van der Waals surface area contributed by atoms with Gasteiger partial charge >= 0.3 is 0 Å². The van der Waals surface area contributed by atoms with E-state index in [1.807, 2.05) is 13.0 Å². The van der Waals surface area contributed by atoms with Crippen molar-refractivity contribution in [3.8, 4) is 0 Å². The molecular weight excluding hydrogens is 239 g/mol. The second-order valence-corrected chi connectivity index (χ2v) is 5.39. The Bertz CT molecular complexity index is 434. The first kappa shape index (κ1) is 14.2. The van der Waals surface area contributed by atoms with Crippen molar-refractivity contribution in [1.82, 2.24) is 5.43 Å². The molecule has 1 aliphatic carbocycles. The first-order chi connectivity index (χ1) is 9.20. The Labute approximate surface area is 114 Å². The van der Waals surface area contributed by atoms with E-state index in [0.717, 1.165) is 24.0 Å². The van der Waals surface area contributed by atoms with Crippen molar-refractivity contribution in [2.75, 3.05) is 0 Å². The molecule has 1 atom stereocenters. The van der Waals surface area contributed by atoms with Crippen molar-refractivity contribution in [3.05, 3.63) is 46.8 Å². The summed E-state index contributed by atoms with van der Waals surface area (Å²) in [6.07, 6.45) is 9.44. The van der Waals surface area contributed by atoms with Gasteiger partial charge in [-0.05, 0) is 55.9 Å². The van der Waals surface area contributed by atoms with E-state index in [2.05, 4.69) is 11.5 Å². The van der Waals surface area contributed by atoms with E-state index in [4.69, 9.17) is 5.84 Å². The number of allylic oxidation sites excluding steroid dienone is 1. The Morgan fingerprint density at radius 1 is 1.16 bits per heavy atom. The number of hydrogen-bond donors (Lipinski definition) is 2. The van der Waals surface area contributed by atoms with E-state index in [1.165, 1.54) is 31.3 Å². The Hall–Kier alpha value is -1.19. The Kier molecular flexibility index (Phi) is 5.11. The van der Waals surface area contributed by atoms with Crippen LogP contribution >= 0.6 is 0 Å². The molecule has 0 bridgehead atoms. The highest BCUT2D eigenvalue weighted by Gasteiger charge is 2.16. The molecule has 0 spiro atoms. The molecule has 0 aromatic heterocycles. The van der Waals surface area contributed by atoms with Crippen molar-refractivity contribution in [1.29, 1.82) is 0 Å². The number of nitrogens with two attached hydrogens (primary N) is 1. The van der Waals surface area contributed by atoms with Gasteiger partial charge in [0, 0.05) is 0 Å². The van der Waals surface area contributed by atoms with Crippen LogP contribution in [0.15, 0.2) is 29.8 Å². The van der Waals surface area contributed by atoms with Crippen LogP contribution in [0.1, 0.15) is 55.7 Å². The molecule has 104 valence electrons. The topological polar surface area (TPSA) is 38.0 Å². The normalized spacial score (nSPS) is 21.1. The standard InChI is InChI=1S/C16H23FN2/c1-12-9-14(11-15(17)10-12)16(19-18)13-7-5-3-2-4-6-8-13/h7,9-11,16,19H,2-6,8,18H2,1H3/b13-7+. The van der Waals surface area contributed by atoms with Crippen LogP contribution in [0.4, 0.5) is 4.39 Å². The summed E-state index contributed by atoms with van der Waals surface area (Å²) in [6.45, 7) is 1.91. The molecule has 0 saturated heterocycles. The number of nitrogens with one attached hydrogen (secondary N) is 1. The third-order valence-corrected chi connectivity index (χ3v) is 3.76. The number of aryl methyl sites for hydroxylation is 1. The Morgan fingerprint density at radius 3 is 2.68 bits per heavy atom. The molecule has 1 aromatic carbocycles. The maximum absolute atomic E-state index is 13.5. The maximum atomic E-state index is 13.5. The van der Waals surface area contributed by atoms with Crippen LogP contribution in [0.5, 0.6) is 0 Å². The van der Waals surface area contributed by atoms with Crippen LogP contribution in [0.25, 0.3) is 0 Å². The summed E-state index contributed by atoms with van der Waals surface area (Å²) in [5.41, 5.74) is 6.01. The minimum absolute atomic E-state index is 0.0625.